The average Bonchev–Trinajstić information content (AvgIpc) is 2.46. The fraction of sp³-hybridized carbons (Fsp3) is 0.125. The van der Waals surface area contributed by atoms with Gasteiger partial charge in [-0.15, -0.1) is 0 Å². The van der Waals surface area contributed by atoms with Crippen molar-refractivity contribution in [1.82, 2.24) is 0 Å². The third-order valence-corrected chi connectivity index (χ3v) is 4.37. The Balaban J connectivity index is 2.18. The highest BCUT2D eigenvalue weighted by Crippen LogP contribution is 2.23. The van der Waals surface area contributed by atoms with Gasteiger partial charge in [0.2, 0.25) is 0 Å². The first-order chi connectivity index (χ1) is 10.8. The van der Waals surface area contributed by atoms with Gasteiger partial charge in [-0.2, -0.15) is 0 Å². The molecule has 0 heterocycles. The van der Waals surface area contributed by atoms with Gasteiger partial charge in [0.25, 0.3) is 0 Å². The molecule has 0 radical (unpaired) electrons. The zero-order valence-corrected chi connectivity index (χ0v) is 13.1. The number of benzene rings is 2. The van der Waals surface area contributed by atoms with Gasteiger partial charge < -0.3 is 10.5 Å². The van der Waals surface area contributed by atoms with E-state index in [2.05, 4.69) is 0 Å². The normalized spacial score (nSPS) is 11.8. The molecule has 0 fully saturated rings. The number of hydrogen-bond donors (Lipinski definition) is 1. The number of ether oxygens (including phenoxy) is 1. The number of nitrogens with two attached hydrogens (primary N) is 1. The number of rotatable bonds is 5. The number of hydrogen-bond acceptors (Lipinski definition) is 4. The quantitative estimate of drug-likeness (QED) is 0.850. The molecular formula is C16H15F2NO3S. The number of anilines is 1. The van der Waals surface area contributed by atoms with E-state index in [1.807, 2.05) is 0 Å². The van der Waals surface area contributed by atoms with E-state index in [-0.39, 0.29) is 11.3 Å². The van der Waals surface area contributed by atoms with Gasteiger partial charge in [0.1, 0.15) is 17.4 Å². The summed E-state index contributed by atoms with van der Waals surface area (Å²) >= 11 is 0. The van der Waals surface area contributed by atoms with E-state index >= 15 is 0 Å². The van der Waals surface area contributed by atoms with Gasteiger partial charge in [0.15, 0.2) is 9.84 Å². The third-order valence-electron chi connectivity index (χ3n) is 3.08. The highest BCUT2D eigenvalue weighted by atomic mass is 32.2. The molecule has 0 aromatic heterocycles. The number of nitrogen functional groups attached to an aromatic ring is 1. The van der Waals surface area contributed by atoms with Crippen molar-refractivity contribution in [1.29, 1.82) is 0 Å². The molecule has 0 aliphatic heterocycles. The van der Waals surface area contributed by atoms with E-state index in [4.69, 9.17) is 10.5 Å². The molecule has 2 aromatic carbocycles. The largest absolute Gasteiger partial charge is 0.495 e. The molecule has 0 spiro atoms. The molecule has 0 atom stereocenters. The predicted octanol–water partition coefficient (Wildman–Crippen LogP) is 3.14. The monoisotopic (exact) mass is 339 g/mol. The number of halogens is 2. The van der Waals surface area contributed by atoms with Gasteiger partial charge >= 0.3 is 0 Å². The lowest BCUT2D eigenvalue weighted by Crippen LogP contribution is -2.01. The molecular weight excluding hydrogens is 324 g/mol. The van der Waals surface area contributed by atoms with E-state index in [1.54, 1.807) is 12.1 Å². The van der Waals surface area contributed by atoms with E-state index in [1.165, 1.54) is 19.2 Å². The van der Waals surface area contributed by atoms with Crippen molar-refractivity contribution in [2.24, 2.45) is 0 Å². The van der Waals surface area contributed by atoms with Crippen LogP contribution in [0.25, 0.3) is 6.08 Å². The van der Waals surface area contributed by atoms with Gasteiger partial charge in [0, 0.05) is 17.0 Å². The number of methoxy groups -OCH3 is 1. The van der Waals surface area contributed by atoms with Crippen molar-refractivity contribution in [3.63, 3.8) is 0 Å². The van der Waals surface area contributed by atoms with E-state index in [0.29, 0.717) is 23.1 Å². The smallest absolute Gasteiger partial charge is 0.175 e. The van der Waals surface area contributed by atoms with Gasteiger partial charge in [-0.1, -0.05) is 6.07 Å². The first-order valence-electron chi connectivity index (χ1n) is 6.59. The molecule has 0 bridgehead atoms. The second kappa shape index (κ2) is 6.78. The van der Waals surface area contributed by atoms with Gasteiger partial charge in [0.05, 0.1) is 18.6 Å². The van der Waals surface area contributed by atoms with Gasteiger partial charge in [-0.3, -0.25) is 0 Å². The summed E-state index contributed by atoms with van der Waals surface area (Å²) < 4.78 is 55.4. The van der Waals surface area contributed by atoms with Crippen LogP contribution in [-0.4, -0.2) is 15.5 Å². The Hall–Kier alpha value is -2.41. The standard InChI is InChI=1S/C16H15F2NO3S/c1-22-16-5-2-11(8-15(16)19)10-23(20,21)7-6-12-3-4-13(17)9-14(12)18/h2-9H,10,19H2,1H3. The maximum Gasteiger partial charge on any atom is 0.175 e. The summed E-state index contributed by atoms with van der Waals surface area (Å²) in [5.41, 5.74) is 6.52. The maximum atomic E-state index is 13.5. The van der Waals surface area contributed by atoms with Crippen LogP contribution in [0.2, 0.25) is 0 Å². The summed E-state index contributed by atoms with van der Waals surface area (Å²) in [6.45, 7) is 0. The van der Waals surface area contributed by atoms with Crippen LogP contribution in [0.1, 0.15) is 11.1 Å². The number of sulfone groups is 1. The predicted molar refractivity (Wildman–Crippen MR) is 85.4 cm³/mol. The molecule has 7 heteroatoms. The molecule has 2 N–H and O–H groups in total. The maximum absolute atomic E-state index is 13.5. The Morgan fingerprint density at radius 3 is 2.52 bits per heavy atom. The highest BCUT2D eigenvalue weighted by molar-refractivity contribution is 7.93. The SMILES string of the molecule is COc1ccc(CS(=O)(=O)C=Cc2ccc(F)cc2F)cc1N. The molecule has 4 nitrogen and oxygen atoms in total. The average molecular weight is 339 g/mol. The van der Waals surface area contributed by atoms with Crippen LogP contribution in [0.3, 0.4) is 0 Å². The zero-order chi connectivity index (χ0) is 17.0. The molecule has 0 aliphatic carbocycles. The van der Waals surface area contributed by atoms with Crippen LogP contribution < -0.4 is 10.5 Å². The molecule has 23 heavy (non-hydrogen) atoms. The molecule has 2 aromatic rings. The van der Waals surface area contributed by atoms with E-state index in [9.17, 15) is 17.2 Å². The van der Waals surface area contributed by atoms with Gasteiger partial charge in [-0.25, -0.2) is 17.2 Å². The van der Waals surface area contributed by atoms with Crippen molar-refractivity contribution in [2.75, 3.05) is 12.8 Å². The minimum Gasteiger partial charge on any atom is -0.495 e. The fourth-order valence-corrected chi connectivity index (χ4v) is 3.06. The van der Waals surface area contributed by atoms with Crippen LogP contribution in [0, 0.1) is 11.6 Å². The Morgan fingerprint density at radius 2 is 1.91 bits per heavy atom. The molecule has 0 amide bonds. The van der Waals surface area contributed by atoms with Crippen LogP contribution in [-0.2, 0) is 15.6 Å². The lowest BCUT2D eigenvalue weighted by atomic mass is 10.2. The van der Waals surface area contributed by atoms with Crippen LogP contribution >= 0.6 is 0 Å². The van der Waals surface area contributed by atoms with Crippen molar-refractivity contribution in [3.05, 3.63) is 64.6 Å². The van der Waals surface area contributed by atoms with E-state index in [0.717, 1.165) is 17.6 Å². The van der Waals surface area contributed by atoms with E-state index < -0.39 is 21.5 Å². The van der Waals surface area contributed by atoms with Crippen molar-refractivity contribution >= 4 is 21.6 Å². The lowest BCUT2D eigenvalue weighted by molar-refractivity contribution is 0.417. The summed E-state index contributed by atoms with van der Waals surface area (Å²) in [6.07, 6.45) is 1.09. The summed E-state index contributed by atoms with van der Waals surface area (Å²) in [7, 11) is -2.17. The lowest BCUT2D eigenvalue weighted by Gasteiger charge is -2.06. The summed E-state index contributed by atoms with van der Waals surface area (Å²) in [4.78, 5) is 0. The summed E-state index contributed by atoms with van der Waals surface area (Å²) in [5, 5.41) is 0.893. The first-order valence-corrected chi connectivity index (χ1v) is 8.30. The van der Waals surface area contributed by atoms with Crippen LogP contribution in [0.15, 0.2) is 41.8 Å². The summed E-state index contributed by atoms with van der Waals surface area (Å²) in [5.74, 6) is -1.39. The molecule has 0 saturated heterocycles. The fourth-order valence-electron chi connectivity index (χ4n) is 1.97. The summed E-state index contributed by atoms with van der Waals surface area (Å²) in [6, 6.07) is 7.57. The Labute approximate surface area is 133 Å². The minimum absolute atomic E-state index is 0.00998. The van der Waals surface area contributed by atoms with Gasteiger partial charge in [-0.05, 0) is 35.9 Å². The molecule has 122 valence electrons. The molecule has 0 aliphatic rings. The topological polar surface area (TPSA) is 69.4 Å². The molecule has 2 rings (SSSR count). The second-order valence-corrected chi connectivity index (χ2v) is 6.74. The van der Waals surface area contributed by atoms with Crippen LogP contribution in [0.4, 0.5) is 14.5 Å². The Bertz CT molecular complexity index is 848. The molecule has 0 saturated carbocycles. The second-order valence-electron chi connectivity index (χ2n) is 4.85. The Kier molecular flexibility index (Phi) is 5.00. The minimum atomic E-state index is -3.63. The molecule has 0 unspecified atom stereocenters. The van der Waals surface area contributed by atoms with Crippen molar-refractivity contribution in [3.8, 4) is 5.75 Å². The zero-order valence-electron chi connectivity index (χ0n) is 12.3. The third kappa shape index (κ3) is 4.53. The van der Waals surface area contributed by atoms with Crippen LogP contribution in [0.5, 0.6) is 5.75 Å². The first kappa shape index (κ1) is 17.0. The van der Waals surface area contributed by atoms with Crippen molar-refractivity contribution in [2.45, 2.75) is 5.75 Å². The van der Waals surface area contributed by atoms with Crippen molar-refractivity contribution < 1.29 is 21.9 Å². The highest BCUT2D eigenvalue weighted by Gasteiger charge is 2.10. The Morgan fingerprint density at radius 1 is 1.17 bits per heavy atom.